The summed E-state index contributed by atoms with van der Waals surface area (Å²) in [7, 11) is 0. The summed E-state index contributed by atoms with van der Waals surface area (Å²) in [6, 6.07) is 0. The van der Waals surface area contributed by atoms with Crippen LogP contribution in [0.2, 0.25) is 0 Å². The van der Waals surface area contributed by atoms with Gasteiger partial charge in [0.2, 0.25) is 0 Å². The van der Waals surface area contributed by atoms with Crippen molar-refractivity contribution in [3.8, 4) is 0 Å². The number of aliphatic carboxylic acids is 1. The van der Waals surface area contributed by atoms with E-state index in [1.807, 2.05) is 10.8 Å². The van der Waals surface area contributed by atoms with Gasteiger partial charge in [-0.15, -0.1) is 11.3 Å². The fourth-order valence-corrected chi connectivity index (χ4v) is 2.07. The van der Waals surface area contributed by atoms with Gasteiger partial charge in [0.15, 0.2) is 5.13 Å². The number of carbonyl (C=O) groups is 1. The molecule has 0 radical (unpaired) electrons. The summed E-state index contributed by atoms with van der Waals surface area (Å²) in [5, 5.41) is 14.3. The van der Waals surface area contributed by atoms with Crippen molar-refractivity contribution in [2.45, 2.75) is 13.0 Å². The molecule has 17 heavy (non-hydrogen) atoms. The summed E-state index contributed by atoms with van der Waals surface area (Å²) in [6.07, 6.45) is 5.34. The van der Waals surface area contributed by atoms with E-state index < -0.39 is 5.97 Å². The lowest BCUT2D eigenvalue weighted by Gasteiger charge is -2.02. The Morgan fingerprint density at radius 1 is 1.59 bits per heavy atom. The third-order valence-corrected chi connectivity index (χ3v) is 2.94. The molecule has 0 saturated carbocycles. The van der Waals surface area contributed by atoms with Crippen LogP contribution in [0.5, 0.6) is 0 Å². The smallest absolute Gasteiger partial charge is 0.309 e. The molecule has 0 spiro atoms. The van der Waals surface area contributed by atoms with Gasteiger partial charge < -0.3 is 15.0 Å². The highest BCUT2D eigenvalue weighted by Crippen LogP contribution is 2.15. The quantitative estimate of drug-likeness (QED) is 0.804. The molecule has 0 aliphatic rings. The summed E-state index contributed by atoms with van der Waals surface area (Å²) in [4.78, 5) is 18.6. The van der Waals surface area contributed by atoms with Crippen LogP contribution in [0.3, 0.4) is 0 Å². The topological polar surface area (TPSA) is 80.0 Å². The van der Waals surface area contributed by atoms with Gasteiger partial charge in [-0.1, -0.05) is 0 Å². The summed E-state index contributed by atoms with van der Waals surface area (Å²) in [5.74, 6) is -0.861. The number of imidazole rings is 1. The van der Waals surface area contributed by atoms with E-state index in [0.29, 0.717) is 5.69 Å². The van der Waals surface area contributed by atoms with Gasteiger partial charge in [0, 0.05) is 30.9 Å². The number of rotatable bonds is 6. The Balaban J connectivity index is 1.79. The van der Waals surface area contributed by atoms with E-state index in [-0.39, 0.29) is 6.42 Å². The molecule has 90 valence electrons. The van der Waals surface area contributed by atoms with Crippen molar-refractivity contribution in [1.82, 2.24) is 14.5 Å². The van der Waals surface area contributed by atoms with Crippen molar-refractivity contribution in [3.05, 3.63) is 29.8 Å². The van der Waals surface area contributed by atoms with Crippen LogP contribution in [0.1, 0.15) is 5.69 Å². The number of carboxylic acid groups (broad SMARTS) is 1. The Kier molecular flexibility index (Phi) is 3.71. The van der Waals surface area contributed by atoms with Gasteiger partial charge in [-0.05, 0) is 0 Å². The van der Waals surface area contributed by atoms with E-state index >= 15 is 0 Å². The van der Waals surface area contributed by atoms with Gasteiger partial charge in [0.25, 0.3) is 0 Å². The average Bonchev–Trinajstić information content (AvgIpc) is 2.89. The minimum Gasteiger partial charge on any atom is -0.481 e. The highest BCUT2D eigenvalue weighted by molar-refractivity contribution is 7.13. The predicted octanol–water partition coefficient (Wildman–Crippen LogP) is 1.08. The summed E-state index contributed by atoms with van der Waals surface area (Å²) in [6.45, 7) is 1.53. The van der Waals surface area contributed by atoms with Gasteiger partial charge in [0.1, 0.15) is 0 Å². The molecule has 7 heteroatoms. The van der Waals surface area contributed by atoms with Gasteiger partial charge in [-0.25, -0.2) is 9.97 Å². The van der Waals surface area contributed by atoms with E-state index in [2.05, 4.69) is 15.3 Å². The van der Waals surface area contributed by atoms with Crippen LogP contribution in [-0.2, 0) is 17.8 Å². The highest BCUT2D eigenvalue weighted by atomic mass is 32.1. The minimum absolute atomic E-state index is 0.0281. The molecule has 0 aliphatic carbocycles. The van der Waals surface area contributed by atoms with Gasteiger partial charge in [-0.3, -0.25) is 4.79 Å². The first-order valence-electron chi connectivity index (χ1n) is 5.10. The number of hydrogen-bond acceptors (Lipinski definition) is 5. The molecule has 2 aromatic heterocycles. The van der Waals surface area contributed by atoms with Crippen LogP contribution in [0.4, 0.5) is 5.13 Å². The minimum atomic E-state index is -0.861. The van der Waals surface area contributed by atoms with E-state index in [0.717, 1.165) is 18.2 Å². The standard InChI is InChI=1S/C10H12N4O2S/c15-9(16)5-8-6-17-10(13-8)12-2-4-14-3-1-11-7-14/h1,3,6-7H,2,4-5H2,(H,12,13)(H,15,16). The second-order valence-electron chi connectivity index (χ2n) is 3.44. The molecule has 0 bridgehead atoms. The van der Waals surface area contributed by atoms with Crippen molar-refractivity contribution >= 4 is 22.4 Å². The van der Waals surface area contributed by atoms with Crippen LogP contribution in [0.15, 0.2) is 24.1 Å². The van der Waals surface area contributed by atoms with Crippen molar-refractivity contribution < 1.29 is 9.90 Å². The molecular formula is C10H12N4O2S. The molecule has 0 unspecified atom stereocenters. The van der Waals surface area contributed by atoms with Crippen molar-refractivity contribution in [2.24, 2.45) is 0 Å². The second kappa shape index (κ2) is 5.44. The Morgan fingerprint density at radius 2 is 2.47 bits per heavy atom. The molecular weight excluding hydrogens is 240 g/mol. The normalized spacial score (nSPS) is 10.4. The number of nitrogens with zero attached hydrogens (tertiary/aromatic N) is 3. The van der Waals surface area contributed by atoms with E-state index in [4.69, 9.17) is 5.11 Å². The fraction of sp³-hybridized carbons (Fsp3) is 0.300. The second-order valence-corrected chi connectivity index (χ2v) is 4.30. The molecule has 2 N–H and O–H groups in total. The van der Waals surface area contributed by atoms with Crippen LogP contribution >= 0.6 is 11.3 Å². The zero-order valence-corrected chi connectivity index (χ0v) is 9.85. The summed E-state index contributed by atoms with van der Waals surface area (Å²) < 4.78 is 1.96. The largest absolute Gasteiger partial charge is 0.481 e. The monoisotopic (exact) mass is 252 g/mol. The third kappa shape index (κ3) is 3.56. The lowest BCUT2D eigenvalue weighted by atomic mass is 10.3. The fourth-order valence-electron chi connectivity index (χ4n) is 1.34. The molecule has 0 amide bonds. The first-order chi connectivity index (χ1) is 8.24. The lowest BCUT2D eigenvalue weighted by molar-refractivity contribution is -0.136. The Bertz CT molecular complexity index is 480. The molecule has 0 fully saturated rings. The number of anilines is 1. The number of aromatic nitrogens is 3. The Hall–Kier alpha value is -1.89. The summed E-state index contributed by atoms with van der Waals surface area (Å²) in [5.41, 5.74) is 0.590. The zero-order chi connectivity index (χ0) is 12.1. The van der Waals surface area contributed by atoms with Crippen LogP contribution in [0, 0.1) is 0 Å². The highest BCUT2D eigenvalue weighted by Gasteiger charge is 2.05. The maximum absolute atomic E-state index is 10.5. The maximum atomic E-state index is 10.5. The maximum Gasteiger partial charge on any atom is 0.309 e. The number of thiazole rings is 1. The van der Waals surface area contributed by atoms with E-state index in [1.54, 1.807) is 17.9 Å². The van der Waals surface area contributed by atoms with Crippen molar-refractivity contribution in [2.75, 3.05) is 11.9 Å². The molecule has 0 atom stereocenters. The van der Waals surface area contributed by atoms with Crippen molar-refractivity contribution in [1.29, 1.82) is 0 Å². The molecule has 0 saturated heterocycles. The van der Waals surface area contributed by atoms with Gasteiger partial charge in [-0.2, -0.15) is 0 Å². The molecule has 2 rings (SSSR count). The molecule has 0 aromatic carbocycles. The molecule has 6 nitrogen and oxygen atoms in total. The Morgan fingerprint density at radius 3 is 3.18 bits per heavy atom. The number of nitrogens with one attached hydrogen (secondary N) is 1. The molecule has 2 heterocycles. The number of hydrogen-bond donors (Lipinski definition) is 2. The predicted molar refractivity (Wildman–Crippen MR) is 64.2 cm³/mol. The lowest BCUT2D eigenvalue weighted by Crippen LogP contribution is -2.09. The van der Waals surface area contributed by atoms with E-state index in [1.165, 1.54) is 11.3 Å². The first kappa shape index (κ1) is 11.6. The van der Waals surface area contributed by atoms with Crippen LogP contribution < -0.4 is 5.32 Å². The zero-order valence-electron chi connectivity index (χ0n) is 9.04. The van der Waals surface area contributed by atoms with E-state index in [9.17, 15) is 4.79 Å². The molecule has 2 aromatic rings. The average molecular weight is 252 g/mol. The van der Waals surface area contributed by atoms with Crippen LogP contribution in [-0.4, -0.2) is 32.2 Å². The third-order valence-electron chi connectivity index (χ3n) is 2.09. The SMILES string of the molecule is O=C(O)Cc1csc(NCCn2ccnc2)n1. The van der Waals surface area contributed by atoms with Gasteiger partial charge in [0.05, 0.1) is 18.4 Å². The first-order valence-corrected chi connectivity index (χ1v) is 5.98. The summed E-state index contributed by atoms with van der Waals surface area (Å²) >= 11 is 1.42. The molecule has 0 aliphatic heterocycles. The Labute approximate surface area is 102 Å². The number of carboxylic acids is 1. The van der Waals surface area contributed by atoms with Gasteiger partial charge >= 0.3 is 5.97 Å². The van der Waals surface area contributed by atoms with Crippen LogP contribution in [0.25, 0.3) is 0 Å². The van der Waals surface area contributed by atoms with Crippen molar-refractivity contribution in [3.63, 3.8) is 0 Å².